The van der Waals surface area contributed by atoms with Crippen molar-refractivity contribution >= 4 is 11.8 Å². The van der Waals surface area contributed by atoms with E-state index >= 15 is 0 Å². The minimum absolute atomic E-state index is 0.157. The monoisotopic (exact) mass is 288 g/mol. The molecule has 1 aliphatic rings. The molecule has 1 saturated carbocycles. The maximum absolute atomic E-state index is 12.6. The zero-order chi connectivity index (χ0) is 14.8. The molecule has 20 heavy (non-hydrogen) atoms. The van der Waals surface area contributed by atoms with Gasteiger partial charge in [-0.15, -0.1) is 0 Å². The van der Waals surface area contributed by atoms with Gasteiger partial charge in [0, 0.05) is 12.1 Å². The molecule has 4 nitrogen and oxygen atoms in total. The lowest BCUT2D eigenvalue weighted by molar-refractivity contribution is -0.141. The van der Waals surface area contributed by atoms with Crippen LogP contribution in [0, 0.1) is 5.92 Å². The summed E-state index contributed by atoms with van der Waals surface area (Å²) in [6.45, 7) is 2.17. The first-order valence-electron chi connectivity index (χ1n) is 6.86. The Morgan fingerprint density at radius 3 is 2.45 bits per heavy atom. The van der Waals surface area contributed by atoms with Crippen molar-refractivity contribution in [3.8, 4) is 0 Å². The number of anilines is 2. The van der Waals surface area contributed by atoms with Gasteiger partial charge in [-0.2, -0.15) is 18.2 Å². The zero-order valence-corrected chi connectivity index (χ0v) is 11.4. The predicted octanol–water partition coefficient (Wildman–Crippen LogP) is 3.46. The Kier molecular flexibility index (Phi) is 4.35. The standard InChI is InChI=1S/C13H19F3N4/c1-2-8-3-5-9(6-4-8)18-11-7-10(13(14,15)16)19-12(17)20-11/h7-9H,2-6H2,1H3,(H3,17,18,19,20). The van der Waals surface area contributed by atoms with E-state index in [-0.39, 0.29) is 17.8 Å². The Labute approximate surface area is 116 Å². The van der Waals surface area contributed by atoms with E-state index in [9.17, 15) is 13.2 Å². The molecule has 0 unspecified atom stereocenters. The van der Waals surface area contributed by atoms with Crippen LogP contribution in [0.15, 0.2) is 6.07 Å². The molecule has 0 aliphatic heterocycles. The summed E-state index contributed by atoms with van der Waals surface area (Å²) in [5.41, 5.74) is 4.34. The summed E-state index contributed by atoms with van der Waals surface area (Å²) in [6.07, 6.45) is 0.744. The van der Waals surface area contributed by atoms with Crippen molar-refractivity contribution < 1.29 is 13.2 Å². The van der Waals surface area contributed by atoms with E-state index in [2.05, 4.69) is 22.2 Å². The molecule has 0 radical (unpaired) electrons. The van der Waals surface area contributed by atoms with E-state index in [1.807, 2.05) is 0 Å². The smallest absolute Gasteiger partial charge is 0.368 e. The molecule has 1 aromatic heterocycles. The molecule has 0 bridgehead atoms. The Bertz CT molecular complexity index is 453. The fraction of sp³-hybridized carbons (Fsp3) is 0.692. The lowest BCUT2D eigenvalue weighted by atomic mass is 9.84. The average Bonchev–Trinajstić information content (AvgIpc) is 2.38. The molecular weight excluding hydrogens is 269 g/mol. The van der Waals surface area contributed by atoms with Gasteiger partial charge in [-0.1, -0.05) is 13.3 Å². The van der Waals surface area contributed by atoms with Crippen molar-refractivity contribution in [2.24, 2.45) is 5.92 Å². The molecule has 1 fully saturated rings. The number of nitrogens with one attached hydrogen (secondary N) is 1. The van der Waals surface area contributed by atoms with E-state index < -0.39 is 11.9 Å². The van der Waals surface area contributed by atoms with Crippen LogP contribution in [0.1, 0.15) is 44.7 Å². The van der Waals surface area contributed by atoms with Crippen LogP contribution in [0.2, 0.25) is 0 Å². The van der Waals surface area contributed by atoms with Crippen molar-refractivity contribution in [1.29, 1.82) is 0 Å². The first-order valence-corrected chi connectivity index (χ1v) is 6.86. The van der Waals surface area contributed by atoms with Crippen LogP contribution in [0.5, 0.6) is 0 Å². The van der Waals surface area contributed by atoms with Crippen molar-refractivity contribution in [2.45, 2.75) is 51.2 Å². The molecule has 1 heterocycles. The van der Waals surface area contributed by atoms with E-state index in [0.29, 0.717) is 0 Å². The molecule has 7 heteroatoms. The van der Waals surface area contributed by atoms with Gasteiger partial charge in [-0.05, 0) is 31.6 Å². The number of rotatable bonds is 3. The second kappa shape index (κ2) is 5.85. The lowest BCUT2D eigenvalue weighted by Crippen LogP contribution is -2.27. The number of halogens is 3. The number of aromatic nitrogens is 2. The van der Waals surface area contributed by atoms with Crippen LogP contribution in [0.25, 0.3) is 0 Å². The topological polar surface area (TPSA) is 63.8 Å². The molecule has 3 N–H and O–H groups in total. The molecule has 0 aromatic carbocycles. The van der Waals surface area contributed by atoms with Crippen LogP contribution >= 0.6 is 0 Å². The Morgan fingerprint density at radius 1 is 1.25 bits per heavy atom. The summed E-state index contributed by atoms with van der Waals surface area (Å²) in [7, 11) is 0. The number of nitrogens with two attached hydrogens (primary N) is 1. The Balaban J connectivity index is 2.05. The van der Waals surface area contributed by atoms with Crippen LogP contribution in [0.4, 0.5) is 24.9 Å². The second-order valence-corrected chi connectivity index (χ2v) is 5.26. The molecule has 0 saturated heterocycles. The second-order valence-electron chi connectivity index (χ2n) is 5.26. The third-order valence-corrected chi connectivity index (χ3v) is 3.81. The minimum Gasteiger partial charge on any atom is -0.368 e. The SMILES string of the molecule is CCC1CCC(Nc2cc(C(F)(F)F)nc(N)n2)CC1. The highest BCUT2D eigenvalue weighted by Crippen LogP contribution is 2.31. The fourth-order valence-corrected chi connectivity index (χ4v) is 2.61. The number of alkyl halides is 3. The van der Waals surface area contributed by atoms with E-state index in [1.165, 1.54) is 0 Å². The zero-order valence-electron chi connectivity index (χ0n) is 11.4. The molecule has 0 atom stereocenters. The van der Waals surface area contributed by atoms with Crippen molar-refractivity contribution in [3.63, 3.8) is 0 Å². The van der Waals surface area contributed by atoms with Gasteiger partial charge in [0.05, 0.1) is 0 Å². The van der Waals surface area contributed by atoms with Gasteiger partial charge in [0.2, 0.25) is 5.95 Å². The van der Waals surface area contributed by atoms with Gasteiger partial charge in [-0.3, -0.25) is 0 Å². The van der Waals surface area contributed by atoms with Crippen LogP contribution in [-0.4, -0.2) is 16.0 Å². The normalized spacial score (nSPS) is 23.6. The molecule has 2 rings (SSSR count). The Hall–Kier alpha value is -1.53. The fourth-order valence-electron chi connectivity index (χ4n) is 2.61. The highest BCUT2D eigenvalue weighted by Gasteiger charge is 2.33. The number of hydrogen-bond donors (Lipinski definition) is 2. The first kappa shape index (κ1) is 14.9. The van der Waals surface area contributed by atoms with Crippen molar-refractivity contribution in [1.82, 2.24) is 9.97 Å². The summed E-state index contributed by atoms with van der Waals surface area (Å²) >= 11 is 0. The maximum atomic E-state index is 12.6. The number of hydrogen-bond acceptors (Lipinski definition) is 4. The summed E-state index contributed by atoms with van der Waals surface area (Å²) in [6, 6.07) is 1.08. The van der Waals surface area contributed by atoms with Gasteiger partial charge >= 0.3 is 6.18 Å². The predicted molar refractivity (Wildman–Crippen MR) is 71.1 cm³/mol. The third-order valence-electron chi connectivity index (χ3n) is 3.81. The number of nitrogens with zero attached hydrogens (tertiary/aromatic N) is 2. The molecule has 0 spiro atoms. The summed E-state index contributed by atoms with van der Waals surface area (Å²) in [4.78, 5) is 7.06. The summed E-state index contributed by atoms with van der Waals surface area (Å²) in [5, 5.41) is 3.05. The van der Waals surface area contributed by atoms with Crippen LogP contribution in [-0.2, 0) is 6.18 Å². The molecule has 1 aliphatic carbocycles. The summed E-state index contributed by atoms with van der Waals surface area (Å²) in [5.74, 6) is 0.531. The summed E-state index contributed by atoms with van der Waals surface area (Å²) < 4.78 is 37.9. The van der Waals surface area contributed by atoms with E-state index in [0.717, 1.165) is 44.1 Å². The Morgan fingerprint density at radius 2 is 1.90 bits per heavy atom. The van der Waals surface area contributed by atoms with Crippen molar-refractivity contribution in [2.75, 3.05) is 11.1 Å². The van der Waals surface area contributed by atoms with Crippen LogP contribution in [0.3, 0.4) is 0 Å². The molecule has 0 amide bonds. The first-order chi connectivity index (χ1) is 9.38. The average molecular weight is 288 g/mol. The highest BCUT2D eigenvalue weighted by atomic mass is 19.4. The van der Waals surface area contributed by atoms with Gasteiger partial charge < -0.3 is 11.1 Å². The minimum atomic E-state index is -4.51. The quantitative estimate of drug-likeness (QED) is 0.894. The van der Waals surface area contributed by atoms with Gasteiger partial charge in [0.15, 0.2) is 5.69 Å². The molecular formula is C13H19F3N4. The molecule has 1 aromatic rings. The maximum Gasteiger partial charge on any atom is 0.433 e. The largest absolute Gasteiger partial charge is 0.433 e. The molecule has 112 valence electrons. The van der Waals surface area contributed by atoms with Gasteiger partial charge in [0.25, 0.3) is 0 Å². The number of nitrogen functional groups attached to an aromatic ring is 1. The van der Waals surface area contributed by atoms with Gasteiger partial charge in [0.1, 0.15) is 5.82 Å². The van der Waals surface area contributed by atoms with Crippen LogP contribution < -0.4 is 11.1 Å². The lowest BCUT2D eigenvalue weighted by Gasteiger charge is -2.28. The third kappa shape index (κ3) is 3.74. The van der Waals surface area contributed by atoms with Gasteiger partial charge in [-0.25, -0.2) is 4.98 Å². The van der Waals surface area contributed by atoms with Crippen molar-refractivity contribution in [3.05, 3.63) is 11.8 Å². The van der Waals surface area contributed by atoms with E-state index in [1.54, 1.807) is 0 Å². The van der Waals surface area contributed by atoms with E-state index in [4.69, 9.17) is 5.73 Å². The highest BCUT2D eigenvalue weighted by molar-refractivity contribution is 5.42.